The van der Waals surface area contributed by atoms with E-state index in [1.807, 2.05) is 0 Å². The summed E-state index contributed by atoms with van der Waals surface area (Å²) in [7, 11) is 2.11. The summed E-state index contributed by atoms with van der Waals surface area (Å²) in [6.07, 6.45) is 12.1. The quantitative estimate of drug-likeness (QED) is 0.557. The smallest absolute Gasteiger partial charge is 0.0368 e. The van der Waals surface area contributed by atoms with Gasteiger partial charge in [0.05, 0.1) is 0 Å². The first-order valence-electron chi connectivity index (χ1n) is 6.82. The average Bonchev–Trinajstić information content (AvgIpc) is 2.25. The summed E-state index contributed by atoms with van der Waals surface area (Å²) in [6, 6.07) is 0.620. The maximum absolute atomic E-state index is 3.49. The lowest BCUT2D eigenvalue weighted by atomic mass is 9.96. The van der Waals surface area contributed by atoms with Crippen LogP contribution in [-0.2, 0) is 0 Å². The number of thioether (sulfide) groups is 1. The summed E-state index contributed by atoms with van der Waals surface area (Å²) in [5.74, 6) is 2.54. The van der Waals surface area contributed by atoms with Gasteiger partial charge < -0.3 is 5.32 Å². The molecule has 0 aliphatic heterocycles. The van der Waals surface area contributed by atoms with Crippen LogP contribution in [0.15, 0.2) is 11.6 Å². The van der Waals surface area contributed by atoms with Crippen LogP contribution in [0.5, 0.6) is 0 Å². The molecule has 1 nitrogen and oxygen atoms in total. The van der Waals surface area contributed by atoms with E-state index in [1.54, 1.807) is 5.57 Å². The molecular formula is C14H27NS. The summed E-state index contributed by atoms with van der Waals surface area (Å²) < 4.78 is 0. The van der Waals surface area contributed by atoms with Crippen molar-refractivity contribution in [1.29, 1.82) is 0 Å². The fourth-order valence-corrected chi connectivity index (χ4v) is 3.33. The molecule has 1 aliphatic carbocycles. The fraction of sp³-hybridized carbons (Fsp3) is 0.857. The Morgan fingerprint density at radius 2 is 2.12 bits per heavy atom. The Kier molecular flexibility index (Phi) is 8.04. The summed E-state index contributed by atoms with van der Waals surface area (Å²) >= 11 is 2.09. The molecule has 16 heavy (non-hydrogen) atoms. The van der Waals surface area contributed by atoms with Crippen LogP contribution in [0.1, 0.15) is 51.9 Å². The highest BCUT2D eigenvalue weighted by Gasteiger charge is 2.12. The Morgan fingerprint density at radius 3 is 2.88 bits per heavy atom. The predicted octanol–water partition coefficient (Wildman–Crippen LogP) is 4.00. The molecule has 94 valence electrons. The molecule has 2 heteroatoms. The van der Waals surface area contributed by atoms with Crippen molar-refractivity contribution in [2.75, 3.05) is 18.6 Å². The average molecular weight is 241 g/mol. The van der Waals surface area contributed by atoms with E-state index in [2.05, 4.69) is 37.1 Å². The van der Waals surface area contributed by atoms with Crippen LogP contribution < -0.4 is 5.32 Å². The Hall–Kier alpha value is 0.0500. The first-order valence-corrected chi connectivity index (χ1v) is 7.98. The minimum Gasteiger partial charge on any atom is -0.313 e. The van der Waals surface area contributed by atoms with Crippen molar-refractivity contribution in [3.8, 4) is 0 Å². The van der Waals surface area contributed by atoms with Gasteiger partial charge in [0.15, 0.2) is 0 Å². The molecule has 0 aromatic rings. The third-order valence-electron chi connectivity index (χ3n) is 3.26. The molecule has 0 bridgehead atoms. The van der Waals surface area contributed by atoms with E-state index >= 15 is 0 Å². The van der Waals surface area contributed by atoms with Crippen molar-refractivity contribution < 1.29 is 0 Å². The molecule has 0 heterocycles. The SMILES string of the molecule is CCCSCC(NC)C1=CCCCCCC1. The molecule has 0 saturated carbocycles. The zero-order valence-electron chi connectivity index (χ0n) is 10.9. The van der Waals surface area contributed by atoms with E-state index in [-0.39, 0.29) is 0 Å². The van der Waals surface area contributed by atoms with E-state index in [0.717, 1.165) is 0 Å². The minimum atomic E-state index is 0.620. The van der Waals surface area contributed by atoms with Crippen LogP contribution in [0.25, 0.3) is 0 Å². The maximum atomic E-state index is 3.49. The van der Waals surface area contributed by atoms with Gasteiger partial charge in [-0.2, -0.15) is 11.8 Å². The first-order chi connectivity index (χ1) is 7.88. The third kappa shape index (κ3) is 5.40. The zero-order valence-corrected chi connectivity index (χ0v) is 11.7. The molecule has 0 spiro atoms. The molecule has 0 radical (unpaired) electrons. The lowest BCUT2D eigenvalue weighted by molar-refractivity contribution is 0.583. The van der Waals surface area contributed by atoms with Crippen molar-refractivity contribution in [2.24, 2.45) is 0 Å². The van der Waals surface area contributed by atoms with Crippen molar-refractivity contribution in [2.45, 2.75) is 57.9 Å². The summed E-state index contributed by atoms with van der Waals surface area (Å²) in [4.78, 5) is 0. The molecule has 0 aromatic carbocycles. The van der Waals surface area contributed by atoms with Gasteiger partial charge in [-0.15, -0.1) is 0 Å². The molecular weight excluding hydrogens is 214 g/mol. The topological polar surface area (TPSA) is 12.0 Å². The van der Waals surface area contributed by atoms with Crippen molar-refractivity contribution >= 4 is 11.8 Å². The van der Waals surface area contributed by atoms with Gasteiger partial charge in [-0.3, -0.25) is 0 Å². The monoisotopic (exact) mass is 241 g/mol. The van der Waals surface area contributed by atoms with Gasteiger partial charge in [0.1, 0.15) is 0 Å². The van der Waals surface area contributed by atoms with E-state index < -0.39 is 0 Å². The lowest BCUT2D eigenvalue weighted by Gasteiger charge is -2.21. The Bertz CT molecular complexity index is 201. The van der Waals surface area contributed by atoms with Gasteiger partial charge >= 0.3 is 0 Å². The highest BCUT2D eigenvalue weighted by Crippen LogP contribution is 2.21. The fourth-order valence-electron chi connectivity index (χ4n) is 2.25. The van der Waals surface area contributed by atoms with E-state index in [4.69, 9.17) is 0 Å². The lowest BCUT2D eigenvalue weighted by Crippen LogP contribution is -2.30. The molecule has 1 aliphatic rings. The molecule has 0 aromatic heterocycles. The number of hydrogen-bond donors (Lipinski definition) is 1. The van der Waals surface area contributed by atoms with E-state index in [1.165, 1.54) is 56.5 Å². The van der Waals surface area contributed by atoms with Gasteiger partial charge in [-0.25, -0.2) is 0 Å². The van der Waals surface area contributed by atoms with Crippen LogP contribution in [-0.4, -0.2) is 24.6 Å². The highest BCUT2D eigenvalue weighted by atomic mass is 32.2. The van der Waals surface area contributed by atoms with Crippen molar-refractivity contribution in [3.05, 3.63) is 11.6 Å². The molecule has 1 N–H and O–H groups in total. The molecule has 0 amide bonds. The number of hydrogen-bond acceptors (Lipinski definition) is 2. The number of allylic oxidation sites excluding steroid dienone is 1. The van der Waals surface area contributed by atoms with Gasteiger partial charge in [-0.05, 0) is 44.9 Å². The molecule has 1 unspecified atom stereocenters. The largest absolute Gasteiger partial charge is 0.313 e. The third-order valence-corrected chi connectivity index (χ3v) is 4.52. The molecule has 0 fully saturated rings. The summed E-state index contributed by atoms with van der Waals surface area (Å²) in [5.41, 5.74) is 1.67. The van der Waals surface area contributed by atoms with Crippen molar-refractivity contribution in [1.82, 2.24) is 5.32 Å². The first kappa shape index (κ1) is 14.1. The maximum Gasteiger partial charge on any atom is 0.0368 e. The van der Waals surface area contributed by atoms with Gasteiger partial charge in [0.2, 0.25) is 0 Å². The van der Waals surface area contributed by atoms with Crippen molar-refractivity contribution in [3.63, 3.8) is 0 Å². The van der Waals surface area contributed by atoms with E-state index in [0.29, 0.717) is 6.04 Å². The van der Waals surface area contributed by atoms with Gasteiger partial charge in [0, 0.05) is 11.8 Å². The molecule has 1 rings (SSSR count). The van der Waals surface area contributed by atoms with Crippen LogP contribution >= 0.6 is 11.8 Å². The highest BCUT2D eigenvalue weighted by molar-refractivity contribution is 7.99. The number of likely N-dealkylation sites (N-methyl/N-ethyl adjacent to an activating group) is 1. The Labute approximate surface area is 105 Å². The summed E-state index contributed by atoms with van der Waals surface area (Å²) in [6.45, 7) is 2.26. The van der Waals surface area contributed by atoms with E-state index in [9.17, 15) is 0 Å². The second kappa shape index (κ2) is 9.12. The molecule has 1 atom stereocenters. The number of rotatable bonds is 6. The van der Waals surface area contributed by atoms with Gasteiger partial charge in [-0.1, -0.05) is 31.4 Å². The van der Waals surface area contributed by atoms with Crippen LogP contribution in [0, 0.1) is 0 Å². The molecule has 0 saturated heterocycles. The second-order valence-electron chi connectivity index (χ2n) is 4.65. The Morgan fingerprint density at radius 1 is 1.31 bits per heavy atom. The van der Waals surface area contributed by atoms with Gasteiger partial charge in [0.25, 0.3) is 0 Å². The minimum absolute atomic E-state index is 0.620. The van der Waals surface area contributed by atoms with Crippen LogP contribution in [0.4, 0.5) is 0 Å². The Balaban J connectivity index is 2.41. The standard InChI is InChI=1S/C14H27NS/c1-3-11-16-12-14(15-2)13-9-7-5-4-6-8-10-13/h9,14-15H,3-8,10-12H2,1-2H3. The zero-order chi connectivity index (χ0) is 11.6. The predicted molar refractivity (Wildman–Crippen MR) is 76.2 cm³/mol. The van der Waals surface area contributed by atoms with Crippen LogP contribution in [0.2, 0.25) is 0 Å². The normalized spacial score (nSPS) is 19.8. The summed E-state index contributed by atoms with van der Waals surface area (Å²) in [5, 5.41) is 3.49. The van der Waals surface area contributed by atoms with Crippen LogP contribution in [0.3, 0.4) is 0 Å². The second-order valence-corrected chi connectivity index (χ2v) is 5.80. The number of nitrogens with one attached hydrogen (secondary N) is 1.